The molecule has 3 aromatic rings. The number of amides is 1. The van der Waals surface area contributed by atoms with Gasteiger partial charge in [-0.2, -0.15) is 0 Å². The van der Waals surface area contributed by atoms with Gasteiger partial charge in [0, 0.05) is 48.1 Å². The highest BCUT2D eigenvalue weighted by molar-refractivity contribution is 9.10. The van der Waals surface area contributed by atoms with Crippen LogP contribution >= 0.6 is 28.3 Å². The first-order valence-electron chi connectivity index (χ1n) is 8.89. The molecule has 8 heteroatoms. The number of fused-ring (bicyclic) bond motifs is 1. The number of nitrogens with one attached hydrogen (secondary N) is 1. The van der Waals surface area contributed by atoms with Crippen LogP contribution in [0.25, 0.3) is 10.9 Å². The molecule has 6 nitrogen and oxygen atoms in total. The Morgan fingerprint density at radius 1 is 1.29 bits per heavy atom. The quantitative estimate of drug-likeness (QED) is 0.627. The van der Waals surface area contributed by atoms with E-state index in [1.165, 1.54) is 0 Å². The number of nitrogens with zero attached hydrogens (tertiary/aromatic N) is 3. The molecular weight excluding hydrogens is 444 g/mol. The number of rotatable bonds is 3. The van der Waals surface area contributed by atoms with Crippen LogP contribution in [0.5, 0.6) is 0 Å². The number of benzene rings is 1. The van der Waals surface area contributed by atoms with Gasteiger partial charge in [0.05, 0.1) is 24.3 Å². The van der Waals surface area contributed by atoms with Crippen molar-refractivity contribution in [1.29, 1.82) is 0 Å². The molecule has 1 aliphatic heterocycles. The minimum Gasteiger partial charge on any atom is -0.378 e. The molecule has 0 bridgehead atoms. The third kappa shape index (κ3) is 3.87. The van der Waals surface area contributed by atoms with Crippen molar-refractivity contribution in [1.82, 2.24) is 14.5 Å². The Labute approximate surface area is 178 Å². The fourth-order valence-electron chi connectivity index (χ4n) is 3.56. The van der Waals surface area contributed by atoms with Crippen LogP contribution in [0.2, 0.25) is 0 Å². The van der Waals surface area contributed by atoms with Crippen LogP contribution in [0.1, 0.15) is 15.9 Å². The maximum Gasteiger partial charge on any atom is 0.256 e. The first-order valence-corrected chi connectivity index (χ1v) is 9.68. The summed E-state index contributed by atoms with van der Waals surface area (Å²) in [6.45, 7) is 4.42. The van der Waals surface area contributed by atoms with Crippen LogP contribution in [0.3, 0.4) is 0 Å². The fraction of sp³-hybridized carbons (Fsp3) is 0.300. The molecule has 0 saturated carbocycles. The number of carbonyl (C=O) groups is 1. The number of carbonyl (C=O) groups excluding carboxylic acids is 1. The molecule has 1 saturated heterocycles. The maximum atomic E-state index is 13.1. The molecule has 3 heterocycles. The summed E-state index contributed by atoms with van der Waals surface area (Å²) in [6.07, 6.45) is 3.72. The minimum atomic E-state index is 0. The van der Waals surface area contributed by atoms with Crippen LogP contribution in [0.4, 0.5) is 11.5 Å². The molecule has 28 heavy (non-hydrogen) atoms. The monoisotopic (exact) mass is 464 g/mol. The van der Waals surface area contributed by atoms with Crippen LogP contribution in [0.15, 0.2) is 41.1 Å². The van der Waals surface area contributed by atoms with E-state index in [2.05, 4.69) is 26.2 Å². The van der Waals surface area contributed by atoms with Gasteiger partial charge in [0.1, 0.15) is 0 Å². The molecular formula is C20H22BrClN4O2. The number of aromatic nitrogens is 2. The van der Waals surface area contributed by atoms with Gasteiger partial charge in [-0.3, -0.25) is 4.79 Å². The van der Waals surface area contributed by atoms with E-state index in [0.29, 0.717) is 31.9 Å². The molecule has 148 valence electrons. The van der Waals surface area contributed by atoms with Gasteiger partial charge in [0.15, 0.2) is 5.82 Å². The highest BCUT2D eigenvalue weighted by Gasteiger charge is 2.24. The highest BCUT2D eigenvalue weighted by Crippen LogP contribution is 2.31. The summed E-state index contributed by atoms with van der Waals surface area (Å²) < 4.78 is 8.38. The number of hydrogen-bond donors (Lipinski definition) is 1. The topological polar surface area (TPSA) is 59.4 Å². The largest absolute Gasteiger partial charge is 0.378 e. The molecule has 1 aliphatic rings. The van der Waals surface area contributed by atoms with Crippen molar-refractivity contribution in [2.75, 3.05) is 31.6 Å². The molecule has 0 unspecified atom stereocenters. The van der Waals surface area contributed by atoms with Crippen molar-refractivity contribution >= 4 is 56.7 Å². The predicted molar refractivity (Wildman–Crippen MR) is 117 cm³/mol. The van der Waals surface area contributed by atoms with E-state index in [0.717, 1.165) is 32.4 Å². The molecule has 2 aromatic heterocycles. The minimum absolute atomic E-state index is 0. The number of ether oxygens (including phenoxy) is 1. The van der Waals surface area contributed by atoms with Crippen LogP contribution in [-0.4, -0.2) is 46.7 Å². The molecule has 0 spiro atoms. The van der Waals surface area contributed by atoms with Gasteiger partial charge < -0.3 is 19.5 Å². The second-order valence-electron chi connectivity index (χ2n) is 6.71. The van der Waals surface area contributed by atoms with Gasteiger partial charge >= 0.3 is 0 Å². The standard InChI is InChI=1S/C20H21BrN4O2.ClH/c1-13-12-24(2)18-17(13)16(20(26)25-6-8-27-9-7-25)11-22-19(18)23-15-5-3-4-14(21)10-15;/h3-5,10-12H,6-9H2,1-2H3,(H,22,23);1H. The lowest BCUT2D eigenvalue weighted by molar-refractivity contribution is 0.0304. The van der Waals surface area contributed by atoms with Crippen molar-refractivity contribution in [3.05, 3.63) is 52.3 Å². The Bertz CT molecular complexity index is 1010. The second kappa shape index (κ2) is 8.51. The van der Waals surface area contributed by atoms with Crippen molar-refractivity contribution < 1.29 is 9.53 Å². The predicted octanol–water partition coefficient (Wildman–Crippen LogP) is 4.28. The maximum absolute atomic E-state index is 13.1. The van der Waals surface area contributed by atoms with Crippen LogP contribution in [0, 0.1) is 6.92 Å². The van der Waals surface area contributed by atoms with Crippen LogP contribution in [-0.2, 0) is 11.8 Å². The van der Waals surface area contributed by atoms with Gasteiger partial charge in [0.25, 0.3) is 5.91 Å². The van der Waals surface area contributed by atoms with Gasteiger partial charge in [-0.15, -0.1) is 12.4 Å². The average Bonchev–Trinajstić information content (AvgIpc) is 2.97. The molecule has 1 N–H and O–H groups in total. The Kier molecular flexibility index (Phi) is 6.27. The fourth-order valence-corrected chi connectivity index (χ4v) is 3.96. The van der Waals surface area contributed by atoms with E-state index in [1.54, 1.807) is 6.20 Å². The van der Waals surface area contributed by atoms with E-state index < -0.39 is 0 Å². The summed E-state index contributed by atoms with van der Waals surface area (Å²) in [5, 5.41) is 4.33. The lowest BCUT2D eigenvalue weighted by atomic mass is 10.1. The number of hydrogen-bond acceptors (Lipinski definition) is 4. The third-order valence-electron chi connectivity index (χ3n) is 4.80. The van der Waals surface area contributed by atoms with E-state index in [-0.39, 0.29) is 18.3 Å². The zero-order chi connectivity index (χ0) is 19.0. The van der Waals surface area contributed by atoms with Crippen LogP contribution < -0.4 is 5.32 Å². The van der Waals surface area contributed by atoms with Crippen molar-refractivity contribution in [2.45, 2.75) is 6.92 Å². The summed E-state index contributed by atoms with van der Waals surface area (Å²) >= 11 is 3.49. The molecule has 1 fully saturated rings. The molecule has 0 radical (unpaired) electrons. The molecule has 4 rings (SSSR count). The zero-order valence-electron chi connectivity index (χ0n) is 15.7. The summed E-state index contributed by atoms with van der Waals surface area (Å²) in [5.74, 6) is 0.747. The van der Waals surface area contributed by atoms with E-state index in [1.807, 2.05) is 53.9 Å². The first kappa shape index (κ1) is 20.6. The van der Waals surface area contributed by atoms with E-state index in [4.69, 9.17) is 4.74 Å². The molecule has 1 amide bonds. The number of halogens is 2. The molecule has 0 atom stereocenters. The highest BCUT2D eigenvalue weighted by atomic mass is 79.9. The van der Waals surface area contributed by atoms with E-state index in [9.17, 15) is 4.79 Å². The van der Waals surface area contributed by atoms with Crippen molar-refractivity contribution in [3.8, 4) is 0 Å². The molecule has 0 aliphatic carbocycles. The Morgan fingerprint density at radius 2 is 2.04 bits per heavy atom. The van der Waals surface area contributed by atoms with Gasteiger partial charge in [-0.05, 0) is 30.7 Å². The average molecular weight is 466 g/mol. The lowest BCUT2D eigenvalue weighted by Gasteiger charge is -2.27. The second-order valence-corrected chi connectivity index (χ2v) is 7.62. The SMILES string of the molecule is Cc1cn(C)c2c(Nc3cccc(Br)c3)ncc(C(=O)N3CCOCC3)c12.Cl. The number of anilines is 2. The summed E-state index contributed by atoms with van der Waals surface area (Å²) in [4.78, 5) is 19.5. The van der Waals surface area contributed by atoms with Gasteiger partial charge in [-0.25, -0.2) is 4.98 Å². The van der Waals surface area contributed by atoms with Gasteiger partial charge in [0.2, 0.25) is 0 Å². The summed E-state index contributed by atoms with van der Waals surface area (Å²) in [5.41, 5.74) is 3.56. The Hall–Kier alpha value is -2.09. The smallest absolute Gasteiger partial charge is 0.256 e. The Morgan fingerprint density at radius 3 is 2.75 bits per heavy atom. The third-order valence-corrected chi connectivity index (χ3v) is 5.30. The van der Waals surface area contributed by atoms with E-state index >= 15 is 0 Å². The Balaban J connectivity index is 0.00000225. The first-order chi connectivity index (χ1) is 13.0. The number of pyridine rings is 1. The number of morpholine rings is 1. The summed E-state index contributed by atoms with van der Waals surface area (Å²) in [6, 6.07) is 7.93. The van der Waals surface area contributed by atoms with Crippen molar-refractivity contribution in [2.24, 2.45) is 7.05 Å². The normalized spacial score (nSPS) is 14.0. The van der Waals surface area contributed by atoms with Crippen molar-refractivity contribution in [3.63, 3.8) is 0 Å². The number of aryl methyl sites for hydroxylation is 2. The lowest BCUT2D eigenvalue weighted by Crippen LogP contribution is -2.40. The summed E-state index contributed by atoms with van der Waals surface area (Å²) in [7, 11) is 1.98. The van der Waals surface area contributed by atoms with Gasteiger partial charge in [-0.1, -0.05) is 22.0 Å². The molecule has 1 aromatic carbocycles. The zero-order valence-corrected chi connectivity index (χ0v) is 18.1.